The van der Waals surface area contributed by atoms with Crippen molar-refractivity contribution in [2.24, 2.45) is 5.92 Å². The van der Waals surface area contributed by atoms with E-state index in [9.17, 15) is 9.59 Å². The van der Waals surface area contributed by atoms with Crippen molar-refractivity contribution < 1.29 is 19.1 Å². The highest BCUT2D eigenvalue weighted by atomic mass is 16.5. The third-order valence-electron chi connectivity index (χ3n) is 6.23. The van der Waals surface area contributed by atoms with Gasteiger partial charge < -0.3 is 19.7 Å². The summed E-state index contributed by atoms with van der Waals surface area (Å²) in [4.78, 5) is 29.0. The van der Waals surface area contributed by atoms with E-state index in [2.05, 4.69) is 19.2 Å². The number of nitrogens with one attached hydrogen (secondary N) is 1. The van der Waals surface area contributed by atoms with Crippen LogP contribution in [0.2, 0.25) is 0 Å². The summed E-state index contributed by atoms with van der Waals surface area (Å²) in [7, 11) is 3.19. The van der Waals surface area contributed by atoms with Gasteiger partial charge in [0.05, 0.1) is 14.2 Å². The molecule has 0 unspecified atom stereocenters. The smallest absolute Gasteiger partial charge is 0.243 e. The average Bonchev–Trinajstić information content (AvgIpc) is 2.93. The third-order valence-corrected chi connectivity index (χ3v) is 6.23. The Morgan fingerprint density at radius 2 is 1.43 bits per heavy atom. The Labute approximate surface area is 220 Å². The maximum absolute atomic E-state index is 13.8. The maximum Gasteiger partial charge on any atom is 0.243 e. The second-order valence-corrected chi connectivity index (χ2v) is 9.54. The van der Waals surface area contributed by atoms with Crippen molar-refractivity contribution in [3.05, 3.63) is 95.6 Å². The first-order valence-electron chi connectivity index (χ1n) is 12.8. The average molecular weight is 503 g/mol. The van der Waals surface area contributed by atoms with Crippen molar-refractivity contribution >= 4 is 11.8 Å². The lowest BCUT2D eigenvalue weighted by atomic mass is 10.0. The third kappa shape index (κ3) is 8.38. The van der Waals surface area contributed by atoms with Gasteiger partial charge in [0, 0.05) is 25.9 Å². The number of carbonyl (C=O) groups excluding carboxylic acids is 2. The molecule has 0 bridgehead atoms. The van der Waals surface area contributed by atoms with Gasteiger partial charge in [-0.3, -0.25) is 9.59 Å². The molecular formula is C31H38N2O4. The molecule has 0 fully saturated rings. The van der Waals surface area contributed by atoms with E-state index in [1.165, 1.54) is 0 Å². The van der Waals surface area contributed by atoms with Crippen molar-refractivity contribution in [3.63, 3.8) is 0 Å². The fourth-order valence-corrected chi connectivity index (χ4v) is 4.19. The molecule has 0 aliphatic rings. The van der Waals surface area contributed by atoms with Crippen molar-refractivity contribution in [2.75, 3.05) is 20.8 Å². The van der Waals surface area contributed by atoms with Crippen molar-refractivity contribution in [1.82, 2.24) is 10.2 Å². The van der Waals surface area contributed by atoms with Gasteiger partial charge >= 0.3 is 0 Å². The molecule has 196 valence electrons. The van der Waals surface area contributed by atoms with E-state index >= 15 is 0 Å². The Kier molecular flexibility index (Phi) is 10.6. The van der Waals surface area contributed by atoms with Gasteiger partial charge in [-0.1, -0.05) is 80.6 Å². The van der Waals surface area contributed by atoms with Crippen LogP contribution in [-0.4, -0.2) is 43.5 Å². The SMILES string of the molecule is COc1ccc(CCC(=O)N(Cc2ccccc2)[C@@H](Cc2ccccc2)C(=O)NCC(C)C)cc1OC. The standard InChI is InChI=1S/C31H38N2O4/c1-23(2)21-32-31(35)27(19-24-11-7-5-8-12-24)33(22-26-13-9-6-10-14-26)30(34)18-16-25-15-17-28(36-3)29(20-25)37-4/h5-15,17,20,23,27H,16,18-19,21-22H2,1-4H3,(H,32,35)/t27-/m0/s1. The van der Waals surface area contributed by atoms with Crippen LogP contribution in [0.15, 0.2) is 78.9 Å². The Morgan fingerprint density at radius 1 is 0.811 bits per heavy atom. The van der Waals surface area contributed by atoms with Gasteiger partial charge in [0.1, 0.15) is 6.04 Å². The molecule has 3 aromatic rings. The number of aryl methyl sites for hydroxylation is 1. The normalized spacial score (nSPS) is 11.6. The second kappa shape index (κ2) is 14.1. The molecule has 3 aromatic carbocycles. The minimum absolute atomic E-state index is 0.0701. The van der Waals surface area contributed by atoms with Gasteiger partial charge in [-0.15, -0.1) is 0 Å². The zero-order chi connectivity index (χ0) is 26.6. The topological polar surface area (TPSA) is 67.9 Å². The number of rotatable bonds is 13. The summed E-state index contributed by atoms with van der Waals surface area (Å²) < 4.78 is 10.8. The van der Waals surface area contributed by atoms with Crippen LogP contribution >= 0.6 is 0 Å². The van der Waals surface area contributed by atoms with Gasteiger partial charge in [0.25, 0.3) is 0 Å². The van der Waals surface area contributed by atoms with Crippen LogP contribution in [0, 0.1) is 5.92 Å². The molecule has 0 saturated carbocycles. The number of methoxy groups -OCH3 is 2. The second-order valence-electron chi connectivity index (χ2n) is 9.54. The van der Waals surface area contributed by atoms with Crippen molar-refractivity contribution in [3.8, 4) is 11.5 Å². The van der Waals surface area contributed by atoms with Crippen LogP contribution in [0.25, 0.3) is 0 Å². The summed E-state index contributed by atoms with van der Waals surface area (Å²) in [6.45, 7) is 5.03. The molecule has 1 atom stereocenters. The van der Waals surface area contributed by atoms with Crippen LogP contribution < -0.4 is 14.8 Å². The fourth-order valence-electron chi connectivity index (χ4n) is 4.19. The molecule has 0 aromatic heterocycles. The summed E-state index contributed by atoms with van der Waals surface area (Å²) in [5.74, 6) is 1.38. The lowest BCUT2D eigenvalue weighted by Crippen LogP contribution is -2.51. The summed E-state index contributed by atoms with van der Waals surface area (Å²) in [6, 6.07) is 24.7. The monoisotopic (exact) mass is 502 g/mol. The maximum atomic E-state index is 13.8. The molecule has 6 nitrogen and oxygen atoms in total. The molecule has 0 radical (unpaired) electrons. The lowest BCUT2D eigenvalue weighted by Gasteiger charge is -2.32. The predicted molar refractivity (Wildman–Crippen MR) is 147 cm³/mol. The van der Waals surface area contributed by atoms with Gasteiger partial charge in [-0.05, 0) is 41.2 Å². The predicted octanol–water partition coefficient (Wildman–Crippen LogP) is 5.05. The van der Waals surface area contributed by atoms with E-state index in [1.54, 1.807) is 19.1 Å². The summed E-state index contributed by atoms with van der Waals surface area (Å²) in [5, 5.41) is 3.06. The first-order chi connectivity index (χ1) is 17.9. The molecule has 3 rings (SSSR count). The van der Waals surface area contributed by atoms with E-state index in [0.717, 1.165) is 16.7 Å². The largest absolute Gasteiger partial charge is 0.493 e. The molecular weight excluding hydrogens is 464 g/mol. The van der Waals surface area contributed by atoms with Crippen LogP contribution in [0.4, 0.5) is 0 Å². The highest BCUT2D eigenvalue weighted by Crippen LogP contribution is 2.28. The molecule has 37 heavy (non-hydrogen) atoms. The number of benzene rings is 3. The first-order valence-corrected chi connectivity index (χ1v) is 12.8. The Balaban J connectivity index is 1.87. The number of ether oxygens (including phenoxy) is 2. The fraction of sp³-hybridized carbons (Fsp3) is 0.355. The number of carbonyl (C=O) groups is 2. The molecule has 0 aliphatic carbocycles. The van der Waals surface area contributed by atoms with Crippen LogP contribution in [-0.2, 0) is 29.0 Å². The number of hydrogen-bond acceptors (Lipinski definition) is 4. The molecule has 0 spiro atoms. The van der Waals surface area contributed by atoms with Crippen LogP contribution in [0.3, 0.4) is 0 Å². The van der Waals surface area contributed by atoms with Crippen molar-refractivity contribution in [1.29, 1.82) is 0 Å². The van der Waals surface area contributed by atoms with Gasteiger partial charge in [-0.25, -0.2) is 0 Å². The minimum Gasteiger partial charge on any atom is -0.493 e. The summed E-state index contributed by atoms with van der Waals surface area (Å²) in [6.07, 6.45) is 1.24. The minimum atomic E-state index is -0.626. The van der Waals surface area contributed by atoms with E-state index in [0.29, 0.717) is 43.3 Å². The summed E-state index contributed by atoms with van der Waals surface area (Å²) >= 11 is 0. The Bertz CT molecular complexity index is 1130. The van der Waals surface area contributed by atoms with Crippen LogP contribution in [0.1, 0.15) is 37.0 Å². The number of hydrogen-bond donors (Lipinski definition) is 1. The van der Waals surface area contributed by atoms with E-state index < -0.39 is 6.04 Å². The molecule has 0 saturated heterocycles. The molecule has 0 aliphatic heterocycles. The molecule has 2 amide bonds. The molecule has 0 heterocycles. The van der Waals surface area contributed by atoms with Crippen molar-refractivity contribution in [2.45, 2.75) is 45.7 Å². The van der Waals surface area contributed by atoms with Gasteiger partial charge in [0.15, 0.2) is 11.5 Å². The van der Waals surface area contributed by atoms with E-state index in [1.807, 2.05) is 78.9 Å². The molecule has 6 heteroatoms. The van der Waals surface area contributed by atoms with E-state index in [-0.39, 0.29) is 18.2 Å². The van der Waals surface area contributed by atoms with Gasteiger partial charge in [-0.2, -0.15) is 0 Å². The highest BCUT2D eigenvalue weighted by Gasteiger charge is 2.30. The van der Waals surface area contributed by atoms with Gasteiger partial charge in [0.2, 0.25) is 11.8 Å². The first kappa shape index (κ1) is 27.8. The number of amides is 2. The number of nitrogens with zero attached hydrogens (tertiary/aromatic N) is 1. The highest BCUT2D eigenvalue weighted by molar-refractivity contribution is 5.88. The Hall–Kier alpha value is -3.80. The lowest BCUT2D eigenvalue weighted by molar-refractivity contribution is -0.141. The van der Waals surface area contributed by atoms with Crippen LogP contribution in [0.5, 0.6) is 11.5 Å². The zero-order valence-electron chi connectivity index (χ0n) is 22.3. The summed E-state index contributed by atoms with van der Waals surface area (Å²) in [5.41, 5.74) is 2.96. The van der Waals surface area contributed by atoms with E-state index in [4.69, 9.17) is 9.47 Å². The Morgan fingerprint density at radius 3 is 2.03 bits per heavy atom. The quantitative estimate of drug-likeness (QED) is 0.355. The molecule has 1 N–H and O–H groups in total. The zero-order valence-corrected chi connectivity index (χ0v) is 22.3.